The van der Waals surface area contributed by atoms with Crippen LogP contribution in [0.1, 0.15) is 37.4 Å². The van der Waals surface area contributed by atoms with Crippen molar-refractivity contribution in [2.75, 3.05) is 16.8 Å². The third-order valence-corrected chi connectivity index (χ3v) is 4.38. The maximum absolute atomic E-state index is 13.1. The van der Waals surface area contributed by atoms with Crippen LogP contribution in [0.25, 0.3) is 0 Å². The second-order valence-electron chi connectivity index (χ2n) is 5.92. The van der Waals surface area contributed by atoms with Crippen LogP contribution < -0.4 is 10.2 Å². The molecule has 1 heterocycles. The lowest BCUT2D eigenvalue weighted by molar-refractivity contribution is -0.116. The zero-order valence-corrected chi connectivity index (χ0v) is 13.5. The zero-order valence-electron chi connectivity index (χ0n) is 13.5. The van der Waals surface area contributed by atoms with Crippen LogP contribution in [0.2, 0.25) is 0 Å². The lowest BCUT2D eigenvalue weighted by atomic mass is 10.0. The van der Waals surface area contributed by atoms with Crippen LogP contribution in [0.15, 0.2) is 42.5 Å². The summed E-state index contributed by atoms with van der Waals surface area (Å²) >= 11 is 0. The molecule has 0 saturated heterocycles. The van der Waals surface area contributed by atoms with E-state index in [-0.39, 0.29) is 17.8 Å². The van der Waals surface area contributed by atoms with E-state index in [1.54, 1.807) is 6.92 Å². The van der Waals surface area contributed by atoms with Gasteiger partial charge in [-0.25, -0.2) is 4.39 Å². The quantitative estimate of drug-likeness (QED) is 0.913. The minimum Gasteiger partial charge on any atom is -0.378 e. The Bertz CT molecular complexity index is 712. The number of anilines is 2. The molecule has 2 aromatic rings. The predicted octanol–water partition coefficient (Wildman–Crippen LogP) is 4.30. The molecule has 0 radical (unpaired) electrons. The first-order valence-electron chi connectivity index (χ1n) is 8.01. The molecule has 0 fully saturated rings. The summed E-state index contributed by atoms with van der Waals surface area (Å²) in [6, 6.07) is 12.9. The molecule has 1 N–H and O–H groups in total. The maximum atomic E-state index is 13.1. The van der Waals surface area contributed by atoms with Crippen molar-refractivity contribution in [3.05, 3.63) is 59.4 Å². The molecule has 3 nitrogen and oxygen atoms in total. The molecule has 23 heavy (non-hydrogen) atoms. The van der Waals surface area contributed by atoms with Gasteiger partial charge in [0.25, 0.3) is 0 Å². The highest BCUT2D eigenvalue weighted by Gasteiger charge is 2.22. The molecule has 120 valence electrons. The summed E-state index contributed by atoms with van der Waals surface area (Å²) in [5, 5.41) is 3.51. The molecule has 1 atom stereocenters. The highest BCUT2D eigenvalue weighted by molar-refractivity contribution is 5.94. The van der Waals surface area contributed by atoms with E-state index in [4.69, 9.17) is 0 Å². The fraction of sp³-hybridized carbons (Fsp3) is 0.316. The summed E-state index contributed by atoms with van der Waals surface area (Å²) in [5.41, 5.74) is 4.31. The van der Waals surface area contributed by atoms with Gasteiger partial charge in [-0.15, -0.1) is 0 Å². The molecular formula is C19H21FN2O. The average Bonchev–Trinajstić information content (AvgIpc) is 2.97. The van der Waals surface area contributed by atoms with Crippen molar-refractivity contribution in [1.82, 2.24) is 0 Å². The number of carbonyl (C=O) groups excluding carboxylic acids is 1. The molecule has 3 rings (SSSR count). The van der Waals surface area contributed by atoms with E-state index in [9.17, 15) is 9.18 Å². The number of nitrogens with one attached hydrogen (secondary N) is 1. The molecule has 1 aliphatic rings. The summed E-state index contributed by atoms with van der Waals surface area (Å²) in [5.74, 6) is -0.132. The van der Waals surface area contributed by atoms with Gasteiger partial charge in [-0.05, 0) is 54.3 Å². The first-order valence-corrected chi connectivity index (χ1v) is 8.01. The van der Waals surface area contributed by atoms with Crippen LogP contribution in [-0.4, -0.2) is 12.5 Å². The zero-order chi connectivity index (χ0) is 16.4. The molecular weight excluding hydrogens is 291 g/mol. The predicted molar refractivity (Wildman–Crippen MR) is 91.2 cm³/mol. The summed E-state index contributed by atoms with van der Waals surface area (Å²) in [7, 11) is 0. The Morgan fingerprint density at radius 2 is 2.00 bits per heavy atom. The molecule has 0 saturated carbocycles. The van der Waals surface area contributed by atoms with Crippen LogP contribution in [0, 0.1) is 5.82 Å². The lowest BCUT2D eigenvalue weighted by Gasteiger charge is -2.20. The van der Waals surface area contributed by atoms with Crippen molar-refractivity contribution in [3.8, 4) is 0 Å². The number of nitrogens with zero attached hydrogens (tertiary/aromatic N) is 1. The third-order valence-electron chi connectivity index (χ3n) is 4.38. The summed E-state index contributed by atoms with van der Waals surface area (Å²) < 4.78 is 13.1. The average molecular weight is 312 g/mol. The van der Waals surface area contributed by atoms with Crippen LogP contribution in [0.4, 0.5) is 15.8 Å². The normalized spacial score (nSPS) is 14.5. The number of amides is 1. The van der Waals surface area contributed by atoms with E-state index in [1.165, 1.54) is 17.7 Å². The van der Waals surface area contributed by atoms with Gasteiger partial charge in [-0.1, -0.05) is 19.1 Å². The van der Waals surface area contributed by atoms with Gasteiger partial charge >= 0.3 is 0 Å². The highest BCUT2D eigenvalue weighted by atomic mass is 19.1. The topological polar surface area (TPSA) is 32.3 Å². The van der Waals surface area contributed by atoms with Crippen molar-refractivity contribution < 1.29 is 9.18 Å². The van der Waals surface area contributed by atoms with E-state index in [0.717, 1.165) is 36.3 Å². The number of halogens is 1. The van der Waals surface area contributed by atoms with E-state index >= 15 is 0 Å². The Balaban J connectivity index is 1.80. The Morgan fingerprint density at radius 1 is 1.26 bits per heavy atom. The van der Waals surface area contributed by atoms with Crippen LogP contribution >= 0.6 is 0 Å². The van der Waals surface area contributed by atoms with Gasteiger partial charge in [0.15, 0.2) is 0 Å². The molecule has 1 unspecified atom stereocenters. The Morgan fingerprint density at radius 3 is 2.65 bits per heavy atom. The second kappa shape index (κ2) is 6.41. The lowest BCUT2D eigenvalue weighted by Crippen LogP contribution is -2.25. The van der Waals surface area contributed by atoms with Crippen molar-refractivity contribution in [3.63, 3.8) is 0 Å². The minimum absolute atomic E-state index is 0.0854. The molecule has 1 aliphatic heterocycles. The van der Waals surface area contributed by atoms with Crippen LogP contribution in [0.3, 0.4) is 0 Å². The largest absolute Gasteiger partial charge is 0.378 e. The Kier molecular flexibility index (Phi) is 4.33. The number of rotatable bonds is 4. The monoisotopic (exact) mass is 312 g/mol. The maximum Gasteiger partial charge on any atom is 0.223 e. The number of hydrogen-bond acceptors (Lipinski definition) is 2. The fourth-order valence-corrected chi connectivity index (χ4v) is 3.14. The number of benzene rings is 2. The Hall–Kier alpha value is -2.36. The fourth-order valence-electron chi connectivity index (χ4n) is 3.14. The molecule has 1 amide bonds. The van der Waals surface area contributed by atoms with Gasteiger partial charge in [0.05, 0.1) is 6.04 Å². The van der Waals surface area contributed by atoms with Gasteiger partial charge in [-0.2, -0.15) is 0 Å². The van der Waals surface area contributed by atoms with Gasteiger partial charge in [-0.3, -0.25) is 4.79 Å². The van der Waals surface area contributed by atoms with Crippen molar-refractivity contribution in [1.29, 1.82) is 0 Å². The molecule has 2 aromatic carbocycles. The van der Waals surface area contributed by atoms with Gasteiger partial charge < -0.3 is 10.2 Å². The van der Waals surface area contributed by atoms with E-state index in [0.29, 0.717) is 0 Å². The van der Waals surface area contributed by atoms with Gasteiger partial charge in [0, 0.05) is 24.8 Å². The van der Waals surface area contributed by atoms with Gasteiger partial charge in [0.1, 0.15) is 5.82 Å². The van der Waals surface area contributed by atoms with Crippen molar-refractivity contribution in [2.45, 2.75) is 32.7 Å². The summed E-state index contributed by atoms with van der Waals surface area (Å²) in [4.78, 5) is 13.4. The number of fused-ring (bicyclic) bond motifs is 1. The van der Waals surface area contributed by atoms with E-state index < -0.39 is 0 Å². The van der Waals surface area contributed by atoms with Crippen LogP contribution in [-0.2, 0) is 11.2 Å². The van der Waals surface area contributed by atoms with Gasteiger partial charge in [0.2, 0.25) is 5.91 Å². The summed E-state index contributed by atoms with van der Waals surface area (Å²) in [6.07, 6.45) is 1.79. The molecule has 0 spiro atoms. The van der Waals surface area contributed by atoms with Crippen molar-refractivity contribution >= 4 is 17.3 Å². The smallest absolute Gasteiger partial charge is 0.223 e. The van der Waals surface area contributed by atoms with Crippen LogP contribution in [0.5, 0.6) is 0 Å². The van der Waals surface area contributed by atoms with Crippen molar-refractivity contribution in [2.24, 2.45) is 0 Å². The van der Waals surface area contributed by atoms with E-state index in [1.807, 2.05) is 29.2 Å². The molecule has 0 aromatic heterocycles. The molecule has 0 aliphatic carbocycles. The summed E-state index contributed by atoms with van der Waals surface area (Å²) in [6.45, 7) is 4.46. The SMILES string of the molecule is CCC(Nc1ccc2c(c1)CCN2C(C)=O)c1ccc(F)cc1. The number of carbonyl (C=O) groups is 1. The second-order valence-corrected chi connectivity index (χ2v) is 5.92. The first kappa shape index (κ1) is 15.5. The molecule has 0 bridgehead atoms. The standard InChI is InChI=1S/C19H21FN2O/c1-3-18(14-4-6-16(20)7-5-14)21-17-8-9-19-15(12-17)10-11-22(19)13(2)23/h4-9,12,18,21H,3,10-11H2,1-2H3. The third kappa shape index (κ3) is 3.21. The number of hydrogen-bond donors (Lipinski definition) is 1. The Labute approximate surface area is 136 Å². The van der Waals surface area contributed by atoms with E-state index in [2.05, 4.69) is 18.3 Å². The first-order chi connectivity index (χ1) is 11.1. The molecule has 4 heteroatoms. The minimum atomic E-state index is -0.217. The highest BCUT2D eigenvalue weighted by Crippen LogP contribution is 2.32.